The molecule has 0 atom stereocenters. The average molecular weight is 368 g/mol. The van der Waals surface area contributed by atoms with Crippen LogP contribution in [-0.2, 0) is 0 Å². The zero-order valence-corrected chi connectivity index (χ0v) is 17.0. The molecule has 0 aromatic carbocycles. The summed E-state index contributed by atoms with van der Waals surface area (Å²) >= 11 is 1.89. The third-order valence-electron chi connectivity index (χ3n) is 6.53. The molecule has 0 spiro atoms. The second-order valence-electron chi connectivity index (χ2n) is 8.62. The van der Waals surface area contributed by atoms with Gasteiger partial charge in [0.25, 0.3) is 0 Å². The van der Waals surface area contributed by atoms with Crippen LogP contribution in [0.25, 0.3) is 10.3 Å². The van der Waals surface area contributed by atoms with Gasteiger partial charge in [0.05, 0.1) is 9.61 Å². The first kappa shape index (κ1) is 18.5. The highest BCUT2D eigenvalue weighted by molar-refractivity contribution is 7.26. The minimum absolute atomic E-state index is 0.662. The number of rotatable bonds is 3. The average Bonchev–Trinajstić information content (AvgIpc) is 2.98. The largest absolute Gasteiger partial charge is 0.232 e. The molecule has 2 aliphatic rings. The molecule has 0 saturated heterocycles. The number of nitrogens with zero attached hydrogens (tertiary/aromatic N) is 2. The van der Waals surface area contributed by atoms with Crippen LogP contribution in [0, 0.1) is 0 Å². The van der Waals surface area contributed by atoms with Gasteiger partial charge in [0.1, 0.15) is 0 Å². The van der Waals surface area contributed by atoms with Crippen molar-refractivity contribution in [1.82, 2.24) is 9.97 Å². The summed E-state index contributed by atoms with van der Waals surface area (Å²) in [7, 11) is 1.18. The second kappa shape index (κ2) is 9.35. The summed E-state index contributed by atoms with van der Waals surface area (Å²) in [5.41, 5.74) is 2.33. The lowest BCUT2D eigenvalue weighted by Gasteiger charge is -2.18. The Morgan fingerprint density at radius 2 is 1.35 bits per heavy atom. The predicted octanol–water partition coefficient (Wildman–Crippen LogP) is 6.11. The molecule has 4 heteroatoms. The SMILES string of the molecule is B(c1nc2nc(C3CCCCCCC3)ccc2s1)C1CCCCCCC1. The maximum Gasteiger partial charge on any atom is 0.199 e. The summed E-state index contributed by atoms with van der Waals surface area (Å²) in [6, 6.07) is 4.60. The topological polar surface area (TPSA) is 25.8 Å². The van der Waals surface area contributed by atoms with Crippen LogP contribution in [0.4, 0.5) is 0 Å². The Morgan fingerprint density at radius 1 is 0.731 bits per heavy atom. The van der Waals surface area contributed by atoms with Crippen molar-refractivity contribution in [1.29, 1.82) is 0 Å². The fourth-order valence-electron chi connectivity index (χ4n) is 4.94. The highest BCUT2D eigenvalue weighted by Crippen LogP contribution is 2.31. The molecule has 0 unspecified atom stereocenters. The van der Waals surface area contributed by atoms with E-state index in [9.17, 15) is 0 Å². The van der Waals surface area contributed by atoms with E-state index in [-0.39, 0.29) is 0 Å². The normalized spacial score (nSPS) is 21.7. The quantitative estimate of drug-likeness (QED) is 0.611. The van der Waals surface area contributed by atoms with Gasteiger partial charge in [0.15, 0.2) is 12.9 Å². The number of hydrogen-bond acceptors (Lipinski definition) is 3. The molecule has 0 bridgehead atoms. The van der Waals surface area contributed by atoms with Gasteiger partial charge in [-0.25, -0.2) is 9.97 Å². The zero-order valence-electron chi connectivity index (χ0n) is 16.2. The van der Waals surface area contributed by atoms with Crippen molar-refractivity contribution in [2.75, 3.05) is 0 Å². The van der Waals surface area contributed by atoms with Crippen LogP contribution in [0.5, 0.6) is 0 Å². The smallest absolute Gasteiger partial charge is 0.199 e. The summed E-state index contributed by atoms with van der Waals surface area (Å²) in [6.07, 6.45) is 19.6. The summed E-state index contributed by atoms with van der Waals surface area (Å²) < 4.78 is 1.29. The molecule has 26 heavy (non-hydrogen) atoms. The molecule has 4 rings (SSSR count). The number of pyridine rings is 1. The summed E-state index contributed by atoms with van der Waals surface area (Å²) in [4.78, 5) is 11.3. The standard InChI is InChI=1S/C22H33BN2S/c1-3-7-11-17(12-8-4-1)19-15-16-20-21(24-19)25-22(26-20)23-18-13-9-5-2-6-10-14-18/h15-18,23H,1-14H2. The first-order chi connectivity index (χ1) is 12.9. The monoisotopic (exact) mass is 368 g/mol. The molecule has 2 nitrogen and oxygen atoms in total. The fraction of sp³-hybridized carbons (Fsp3) is 0.727. The van der Waals surface area contributed by atoms with E-state index in [4.69, 9.17) is 9.97 Å². The lowest BCUT2D eigenvalue weighted by atomic mass is 9.60. The summed E-state index contributed by atoms with van der Waals surface area (Å²) in [5.74, 6) is 1.51. The first-order valence-corrected chi connectivity index (χ1v) is 12.0. The number of fused-ring (bicyclic) bond motifs is 1. The van der Waals surface area contributed by atoms with Gasteiger partial charge in [0, 0.05) is 11.6 Å². The van der Waals surface area contributed by atoms with E-state index in [1.165, 1.54) is 112 Å². The molecular weight excluding hydrogens is 335 g/mol. The van der Waals surface area contributed by atoms with Crippen molar-refractivity contribution in [3.05, 3.63) is 17.8 Å². The lowest BCUT2D eigenvalue weighted by Crippen LogP contribution is -2.19. The maximum absolute atomic E-state index is 5.02. The minimum Gasteiger partial charge on any atom is -0.232 e. The second-order valence-corrected chi connectivity index (χ2v) is 9.74. The van der Waals surface area contributed by atoms with Crippen molar-refractivity contribution >= 4 is 33.9 Å². The van der Waals surface area contributed by atoms with Crippen molar-refractivity contribution < 1.29 is 0 Å². The highest BCUT2D eigenvalue weighted by Gasteiger charge is 2.19. The Kier molecular flexibility index (Phi) is 6.64. The minimum atomic E-state index is 0.662. The van der Waals surface area contributed by atoms with E-state index in [0.717, 1.165) is 11.5 Å². The molecule has 2 heterocycles. The van der Waals surface area contributed by atoms with Gasteiger partial charge in [-0.3, -0.25) is 0 Å². The molecule has 2 aromatic heterocycles. The Bertz CT molecular complexity index is 683. The van der Waals surface area contributed by atoms with Crippen LogP contribution < -0.4 is 4.91 Å². The van der Waals surface area contributed by atoms with Gasteiger partial charge in [-0.2, -0.15) is 0 Å². The van der Waals surface area contributed by atoms with Gasteiger partial charge in [-0.15, -0.1) is 11.3 Å². The molecule has 0 radical (unpaired) electrons. The van der Waals surface area contributed by atoms with Crippen LogP contribution in [-0.4, -0.2) is 17.2 Å². The summed E-state index contributed by atoms with van der Waals surface area (Å²) in [6.45, 7) is 0. The molecule has 0 N–H and O–H groups in total. The van der Waals surface area contributed by atoms with E-state index in [0.29, 0.717) is 5.92 Å². The van der Waals surface area contributed by atoms with Crippen LogP contribution in [0.2, 0.25) is 5.82 Å². The molecule has 2 aliphatic carbocycles. The van der Waals surface area contributed by atoms with E-state index in [1.54, 1.807) is 0 Å². The van der Waals surface area contributed by atoms with Gasteiger partial charge in [0.2, 0.25) is 0 Å². The Balaban J connectivity index is 1.46. The van der Waals surface area contributed by atoms with Gasteiger partial charge in [-0.05, 0) is 25.0 Å². The third-order valence-corrected chi connectivity index (χ3v) is 7.56. The lowest BCUT2D eigenvalue weighted by molar-refractivity contribution is 0.450. The number of thiazole rings is 1. The number of hydrogen-bond donors (Lipinski definition) is 0. The third kappa shape index (κ3) is 4.88. The van der Waals surface area contributed by atoms with Crippen LogP contribution in [0.15, 0.2) is 12.1 Å². The van der Waals surface area contributed by atoms with Crippen LogP contribution >= 0.6 is 11.3 Å². The molecule has 0 amide bonds. The van der Waals surface area contributed by atoms with Crippen molar-refractivity contribution in [2.45, 2.75) is 102 Å². The van der Waals surface area contributed by atoms with E-state index < -0.39 is 0 Å². The molecule has 2 fully saturated rings. The van der Waals surface area contributed by atoms with Gasteiger partial charge >= 0.3 is 0 Å². The molecule has 2 aromatic rings. The molecule has 140 valence electrons. The maximum atomic E-state index is 5.02. The van der Waals surface area contributed by atoms with E-state index in [1.807, 2.05) is 11.3 Å². The Morgan fingerprint density at radius 3 is 2.04 bits per heavy atom. The Labute approximate surface area is 163 Å². The van der Waals surface area contributed by atoms with Gasteiger partial charge < -0.3 is 0 Å². The van der Waals surface area contributed by atoms with Gasteiger partial charge in [-0.1, -0.05) is 82.9 Å². The van der Waals surface area contributed by atoms with Crippen molar-refractivity contribution in [2.24, 2.45) is 0 Å². The summed E-state index contributed by atoms with van der Waals surface area (Å²) in [5, 5.41) is 0. The van der Waals surface area contributed by atoms with Crippen LogP contribution in [0.1, 0.15) is 102 Å². The molecule has 2 saturated carbocycles. The molecular formula is C22H33BN2S. The van der Waals surface area contributed by atoms with Crippen molar-refractivity contribution in [3.63, 3.8) is 0 Å². The van der Waals surface area contributed by atoms with Crippen molar-refractivity contribution in [3.8, 4) is 0 Å². The first-order valence-electron chi connectivity index (χ1n) is 11.1. The highest BCUT2D eigenvalue weighted by atomic mass is 32.1. The number of aromatic nitrogens is 2. The van der Waals surface area contributed by atoms with E-state index in [2.05, 4.69) is 12.1 Å². The fourth-order valence-corrected chi connectivity index (χ4v) is 5.96. The predicted molar refractivity (Wildman–Crippen MR) is 115 cm³/mol. The zero-order chi connectivity index (χ0) is 17.6. The van der Waals surface area contributed by atoms with E-state index >= 15 is 0 Å². The Hall–Kier alpha value is -0.895. The molecule has 0 aliphatic heterocycles. The van der Waals surface area contributed by atoms with Crippen LogP contribution in [0.3, 0.4) is 0 Å².